The minimum Gasteiger partial charge on any atom is -0.490 e. The van der Waals surface area contributed by atoms with Gasteiger partial charge >= 0.3 is 0 Å². The standard InChI is InChI=1S/C17H22O2/c1-12(2)18-15-10-6-9-14-13(15)8-7-11-16(14)19-17(3,4)5/h6-12H,1-5H3. The van der Waals surface area contributed by atoms with Gasteiger partial charge in [-0.05, 0) is 46.8 Å². The Morgan fingerprint density at radius 1 is 0.842 bits per heavy atom. The van der Waals surface area contributed by atoms with Gasteiger partial charge in [0.1, 0.15) is 17.1 Å². The van der Waals surface area contributed by atoms with Gasteiger partial charge in [0.05, 0.1) is 6.10 Å². The molecule has 0 atom stereocenters. The summed E-state index contributed by atoms with van der Waals surface area (Å²) in [6.07, 6.45) is 0.165. The van der Waals surface area contributed by atoms with Crippen molar-refractivity contribution in [1.82, 2.24) is 0 Å². The first kappa shape index (κ1) is 13.7. The van der Waals surface area contributed by atoms with Crippen molar-refractivity contribution in [3.05, 3.63) is 36.4 Å². The van der Waals surface area contributed by atoms with E-state index < -0.39 is 0 Å². The van der Waals surface area contributed by atoms with Crippen molar-refractivity contribution in [3.63, 3.8) is 0 Å². The van der Waals surface area contributed by atoms with E-state index in [2.05, 4.69) is 32.9 Å². The molecule has 0 radical (unpaired) electrons. The fraction of sp³-hybridized carbons (Fsp3) is 0.412. The van der Waals surface area contributed by atoms with Crippen molar-refractivity contribution in [2.24, 2.45) is 0 Å². The summed E-state index contributed by atoms with van der Waals surface area (Å²) in [6.45, 7) is 10.2. The second-order valence-corrected chi connectivity index (χ2v) is 5.99. The fourth-order valence-electron chi connectivity index (χ4n) is 2.03. The largest absolute Gasteiger partial charge is 0.490 e. The average molecular weight is 258 g/mol. The Labute approximate surface area is 115 Å². The van der Waals surface area contributed by atoms with Crippen molar-refractivity contribution in [1.29, 1.82) is 0 Å². The number of benzene rings is 2. The van der Waals surface area contributed by atoms with Gasteiger partial charge in [-0.2, -0.15) is 0 Å². The summed E-state index contributed by atoms with van der Waals surface area (Å²) < 4.78 is 11.9. The lowest BCUT2D eigenvalue weighted by Crippen LogP contribution is -2.23. The highest BCUT2D eigenvalue weighted by atomic mass is 16.5. The minimum atomic E-state index is -0.205. The normalized spacial score (nSPS) is 11.9. The predicted octanol–water partition coefficient (Wildman–Crippen LogP) is 4.80. The molecule has 0 fully saturated rings. The molecule has 19 heavy (non-hydrogen) atoms. The van der Waals surface area contributed by atoms with E-state index >= 15 is 0 Å². The van der Waals surface area contributed by atoms with Gasteiger partial charge in [0.25, 0.3) is 0 Å². The van der Waals surface area contributed by atoms with Gasteiger partial charge in [0, 0.05) is 10.8 Å². The molecule has 2 heteroatoms. The van der Waals surface area contributed by atoms with Gasteiger partial charge in [0.15, 0.2) is 0 Å². The highest BCUT2D eigenvalue weighted by Crippen LogP contribution is 2.34. The molecule has 2 nitrogen and oxygen atoms in total. The lowest BCUT2D eigenvalue weighted by molar-refractivity contribution is 0.133. The van der Waals surface area contributed by atoms with Gasteiger partial charge in [0.2, 0.25) is 0 Å². The van der Waals surface area contributed by atoms with E-state index in [1.165, 1.54) is 0 Å². The summed E-state index contributed by atoms with van der Waals surface area (Å²) in [5, 5.41) is 2.19. The zero-order chi connectivity index (χ0) is 14.0. The summed E-state index contributed by atoms with van der Waals surface area (Å²) in [5.74, 6) is 1.81. The summed E-state index contributed by atoms with van der Waals surface area (Å²) in [6, 6.07) is 12.2. The Kier molecular flexibility index (Phi) is 3.70. The summed E-state index contributed by atoms with van der Waals surface area (Å²) in [7, 11) is 0. The lowest BCUT2D eigenvalue weighted by atomic mass is 10.1. The maximum Gasteiger partial charge on any atom is 0.128 e. The molecule has 0 aliphatic rings. The Balaban J connectivity index is 2.51. The summed E-state index contributed by atoms with van der Waals surface area (Å²) in [4.78, 5) is 0. The molecule has 0 unspecified atom stereocenters. The van der Waals surface area contributed by atoms with Crippen LogP contribution in [0.3, 0.4) is 0 Å². The van der Waals surface area contributed by atoms with Crippen molar-refractivity contribution in [3.8, 4) is 11.5 Å². The van der Waals surface area contributed by atoms with Crippen molar-refractivity contribution in [2.75, 3.05) is 0 Å². The maximum atomic E-state index is 6.02. The molecule has 0 bridgehead atoms. The minimum absolute atomic E-state index is 0.165. The number of fused-ring (bicyclic) bond motifs is 1. The molecule has 0 amide bonds. The lowest BCUT2D eigenvalue weighted by Gasteiger charge is -2.23. The topological polar surface area (TPSA) is 18.5 Å². The van der Waals surface area contributed by atoms with Crippen LogP contribution in [0.1, 0.15) is 34.6 Å². The Bertz CT molecular complexity index is 565. The van der Waals surface area contributed by atoms with E-state index in [0.717, 1.165) is 22.3 Å². The van der Waals surface area contributed by atoms with Crippen LogP contribution in [0.2, 0.25) is 0 Å². The predicted molar refractivity (Wildman–Crippen MR) is 80.1 cm³/mol. The zero-order valence-corrected chi connectivity index (χ0v) is 12.4. The average Bonchev–Trinajstić information content (AvgIpc) is 2.27. The molecule has 0 N–H and O–H groups in total. The van der Waals surface area contributed by atoms with E-state index in [1.54, 1.807) is 0 Å². The molecule has 0 aliphatic heterocycles. The van der Waals surface area contributed by atoms with Crippen molar-refractivity contribution >= 4 is 10.8 Å². The second kappa shape index (κ2) is 5.12. The Morgan fingerprint density at radius 3 is 1.89 bits per heavy atom. The smallest absolute Gasteiger partial charge is 0.128 e. The van der Waals surface area contributed by atoms with Gasteiger partial charge < -0.3 is 9.47 Å². The number of hydrogen-bond donors (Lipinski definition) is 0. The van der Waals surface area contributed by atoms with Crippen LogP contribution in [-0.2, 0) is 0 Å². The number of hydrogen-bond acceptors (Lipinski definition) is 2. The molecule has 0 saturated carbocycles. The molecular weight excluding hydrogens is 236 g/mol. The van der Waals surface area contributed by atoms with Crippen LogP contribution in [-0.4, -0.2) is 11.7 Å². The van der Waals surface area contributed by atoms with Crippen LogP contribution in [0.4, 0.5) is 0 Å². The van der Waals surface area contributed by atoms with E-state index in [9.17, 15) is 0 Å². The number of rotatable bonds is 3. The van der Waals surface area contributed by atoms with Crippen LogP contribution in [0.5, 0.6) is 11.5 Å². The van der Waals surface area contributed by atoms with E-state index in [4.69, 9.17) is 9.47 Å². The van der Waals surface area contributed by atoms with Gasteiger partial charge in [-0.1, -0.05) is 24.3 Å². The van der Waals surface area contributed by atoms with E-state index in [-0.39, 0.29) is 11.7 Å². The second-order valence-electron chi connectivity index (χ2n) is 5.99. The van der Waals surface area contributed by atoms with Gasteiger partial charge in [-0.3, -0.25) is 0 Å². The fourth-order valence-corrected chi connectivity index (χ4v) is 2.03. The summed E-state index contributed by atoms with van der Waals surface area (Å²) >= 11 is 0. The molecule has 102 valence electrons. The summed E-state index contributed by atoms with van der Waals surface area (Å²) in [5.41, 5.74) is -0.205. The van der Waals surface area contributed by atoms with E-state index in [0.29, 0.717) is 0 Å². The van der Waals surface area contributed by atoms with Crippen molar-refractivity contribution in [2.45, 2.75) is 46.3 Å². The first-order valence-corrected chi connectivity index (χ1v) is 6.74. The molecule has 2 aromatic carbocycles. The van der Waals surface area contributed by atoms with Gasteiger partial charge in [-0.25, -0.2) is 0 Å². The molecule has 0 aliphatic carbocycles. The first-order chi connectivity index (χ1) is 8.87. The van der Waals surface area contributed by atoms with Crippen LogP contribution >= 0.6 is 0 Å². The van der Waals surface area contributed by atoms with Crippen LogP contribution in [0.15, 0.2) is 36.4 Å². The van der Waals surface area contributed by atoms with Crippen LogP contribution in [0.25, 0.3) is 10.8 Å². The third-order valence-corrected chi connectivity index (χ3v) is 2.62. The maximum absolute atomic E-state index is 6.02. The molecular formula is C17H22O2. The van der Waals surface area contributed by atoms with Crippen molar-refractivity contribution < 1.29 is 9.47 Å². The third-order valence-electron chi connectivity index (χ3n) is 2.62. The highest BCUT2D eigenvalue weighted by molar-refractivity contribution is 5.93. The van der Waals surface area contributed by atoms with E-state index in [1.807, 2.05) is 38.1 Å². The third kappa shape index (κ3) is 3.40. The monoisotopic (exact) mass is 258 g/mol. The highest BCUT2D eigenvalue weighted by Gasteiger charge is 2.14. The Morgan fingerprint density at radius 2 is 1.37 bits per heavy atom. The SMILES string of the molecule is CC(C)Oc1cccc2c(OC(C)(C)C)cccc12. The Hall–Kier alpha value is -1.70. The van der Waals surface area contributed by atoms with Gasteiger partial charge in [-0.15, -0.1) is 0 Å². The number of ether oxygens (including phenoxy) is 2. The van der Waals surface area contributed by atoms with Crippen LogP contribution in [0, 0.1) is 0 Å². The quantitative estimate of drug-likeness (QED) is 0.787. The zero-order valence-electron chi connectivity index (χ0n) is 12.4. The molecule has 0 spiro atoms. The molecule has 0 heterocycles. The molecule has 0 saturated heterocycles. The van der Waals surface area contributed by atoms with Crippen LogP contribution < -0.4 is 9.47 Å². The molecule has 0 aromatic heterocycles. The molecule has 2 rings (SSSR count). The molecule has 2 aromatic rings. The first-order valence-electron chi connectivity index (χ1n) is 6.74.